The number of benzene rings is 2. The summed E-state index contributed by atoms with van der Waals surface area (Å²) < 4.78 is 87.1. The Bertz CT molecular complexity index is 1750. The fourth-order valence-corrected chi connectivity index (χ4v) is 8.76. The zero-order valence-electron chi connectivity index (χ0n) is 23.8. The molecule has 0 spiro atoms. The van der Waals surface area contributed by atoms with Crippen LogP contribution in [0, 0.1) is 17.8 Å². The predicted octanol–water partition coefficient (Wildman–Crippen LogP) is 6.35. The molecule has 2 aliphatic heterocycles. The van der Waals surface area contributed by atoms with Gasteiger partial charge in [0.15, 0.2) is 21.2 Å². The van der Waals surface area contributed by atoms with E-state index in [1.807, 2.05) is 0 Å². The third kappa shape index (κ3) is 4.70. The van der Waals surface area contributed by atoms with Crippen LogP contribution in [-0.2, 0) is 31.5 Å². The Morgan fingerprint density at radius 3 is 2.09 bits per heavy atom. The van der Waals surface area contributed by atoms with Crippen LogP contribution in [0.1, 0.15) is 35.4 Å². The van der Waals surface area contributed by atoms with Crippen LogP contribution in [0.3, 0.4) is 0 Å². The highest BCUT2D eigenvalue weighted by Crippen LogP contribution is 2.66. The van der Waals surface area contributed by atoms with Gasteiger partial charge in [0.25, 0.3) is 11.8 Å². The van der Waals surface area contributed by atoms with Crippen LogP contribution in [0.4, 0.5) is 32.0 Å². The maximum Gasteiger partial charge on any atom is 0.416 e. The number of fused-ring (bicyclic) bond motifs is 4. The smallest absolute Gasteiger partial charge is 0.416 e. The number of halogens is 9. The number of rotatable bonds is 4. The van der Waals surface area contributed by atoms with Gasteiger partial charge in [-0.25, -0.2) is 4.90 Å². The molecule has 0 aromatic heterocycles. The molecule has 1 N–H and O–H groups in total. The number of anilines is 1. The van der Waals surface area contributed by atoms with E-state index in [2.05, 4.69) is 15.9 Å². The maximum atomic E-state index is 14.1. The normalized spacial score (nSPS) is 30.7. The van der Waals surface area contributed by atoms with Crippen LogP contribution in [0.15, 0.2) is 48.0 Å². The number of hydrogen-bond acceptors (Lipinski definition) is 6. The molecule has 8 nitrogen and oxygen atoms in total. The molecule has 0 unspecified atom stereocenters. The number of carbonyl (C=O) groups excluding carboxylic acids is 4. The van der Waals surface area contributed by atoms with Crippen LogP contribution in [0.5, 0.6) is 11.5 Å². The summed E-state index contributed by atoms with van der Waals surface area (Å²) in [7, 11) is 1.30. The van der Waals surface area contributed by atoms with Crippen molar-refractivity contribution in [1.82, 2.24) is 4.90 Å². The molecule has 4 aliphatic rings. The number of aromatic hydroxyl groups is 1. The maximum absolute atomic E-state index is 14.1. The topological polar surface area (TPSA) is 104 Å². The molecule has 17 heteroatoms. The average Bonchev–Trinajstić information content (AvgIpc) is 3.33. The van der Waals surface area contributed by atoms with E-state index < -0.39 is 92.6 Å². The number of allylic oxidation sites excluding steroid dienone is 2. The first-order valence-electron chi connectivity index (χ1n) is 13.9. The molecule has 3 fully saturated rings. The molecule has 250 valence electrons. The van der Waals surface area contributed by atoms with Crippen molar-refractivity contribution in [1.29, 1.82) is 0 Å². The standard InChI is InChI=1S/C30H21BrCl2F6N2O6/c1-47-20-5-2-12(6-19(20)42)22-16-3-4-17-21(18(16)10-27(32)25(45)40(11-31)26(46)28(22,27)33)24(44)41(23(17)43)15-8-13(29(34,35)36)7-14(9-15)30(37,38)39/h2-3,5-9,17-18,21-22,42H,4,10-11H2,1H3/t17-,18+,21-,22-,27+,28-/m0/s1. The largest absolute Gasteiger partial charge is 0.504 e. The summed E-state index contributed by atoms with van der Waals surface area (Å²) in [5.41, 5.74) is -4.17. The quantitative estimate of drug-likeness (QED) is 0.128. The summed E-state index contributed by atoms with van der Waals surface area (Å²) in [4.78, 5) is 51.9. The monoisotopic (exact) mass is 768 g/mol. The molecule has 0 radical (unpaired) electrons. The van der Waals surface area contributed by atoms with Crippen LogP contribution in [0.2, 0.25) is 0 Å². The highest BCUT2D eigenvalue weighted by atomic mass is 79.9. The number of hydrogen-bond donors (Lipinski definition) is 1. The minimum atomic E-state index is -5.24. The fraction of sp³-hybridized carbons (Fsp3) is 0.400. The molecule has 1 saturated carbocycles. The summed E-state index contributed by atoms with van der Waals surface area (Å²) in [6.07, 6.45) is -9.63. The lowest BCUT2D eigenvalue weighted by atomic mass is 9.56. The van der Waals surface area contributed by atoms with Crippen LogP contribution < -0.4 is 9.64 Å². The summed E-state index contributed by atoms with van der Waals surface area (Å²) in [5.74, 6) is -9.26. The third-order valence-electron chi connectivity index (χ3n) is 9.38. The second-order valence-corrected chi connectivity index (χ2v) is 13.4. The van der Waals surface area contributed by atoms with Crippen molar-refractivity contribution in [3.8, 4) is 11.5 Å². The molecular formula is C30H21BrCl2F6N2O6. The number of phenolic OH excluding ortho intramolecular Hbond substituents is 1. The molecule has 6 rings (SSSR count). The van der Waals surface area contributed by atoms with Gasteiger partial charge in [-0.05, 0) is 54.7 Å². The molecule has 2 aliphatic carbocycles. The van der Waals surface area contributed by atoms with E-state index in [4.69, 9.17) is 27.9 Å². The summed E-state index contributed by atoms with van der Waals surface area (Å²) in [6.45, 7) is 0. The van der Waals surface area contributed by atoms with E-state index in [1.165, 1.54) is 31.4 Å². The van der Waals surface area contributed by atoms with Crippen LogP contribution in [0.25, 0.3) is 0 Å². The first kappa shape index (κ1) is 33.6. The van der Waals surface area contributed by atoms with Crippen molar-refractivity contribution in [3.05, 3.63) is 64.7 Å². The number of carbonyl (C=O) groups is 4. The lowest BCUT2D eigenvalue weighted by molar-refractivity contribution is -0.143. The first-order valence-corrected chi connectivity index (χ1v) is 15.7. The Morgan fingerprint density at radius 2 is 1.55 bits per heavy atom. The highest BCUT2D eigenvalue weighted by molar-refractivity contribution is 9.09. The minimum Gasteiger partial charge on any atom is -0.504 e. The Labute approximate surface area is 280 Å². The van der Waals surface area contributed by atoms with Gasteiger partial charge in [0.05, 0.1) is 41.2 Å². The molecule has 47 heavy (non-hydrogen) atoms. The SMILES string of the molecule is COc1ccc([C@H]2C3=CC[C@@H]4C(=O)N(c5cc(C(F)(F)F)cc(C(F)(F)F)c5)C(=O)[C@@H]4[C@@H]3C[C@@]3(Cl)C(=O)N(CBr)C(=O)[C@@]23Cl)cc1O. The summed E-state index contributed by atoms with van der Waals surface area (Å²) >= 11 is 17.3. The Kier molecular flexibility index (Phi) is 7.76. The Hall–Kier alpha value is -3.30. The van der Waals surface area contributed by atoms with Gasteiger partial charge in [-0.2, -0.15) is 26.3 Å². The van der Waals surface area contributed by atoms with Crippen molar-refractivity contribution in [2.24, 2.45) is 17.8 Å². The lowest BCUT2D eigenvalue weighted by Gasteiger charge is -2.50. The predicted molar refractivity (Wildman–Crippen MR) is 157 cm³/mol. The Morgan fingerprint density at radius 1 is 0.936 bits per heavy atom. The molecule has 4 amide bonds. The number of likely N-dealkylation sites (tertiary alicyclic amines) is 1. The van der Waals surface area contributed by atoms with Gasteiger partial charge in [-0.15, -0.1) is 23.2 Å². The zero-order valence-corrected chi connectivity index (χ0v) is 26.9. The zero-order chi connectivity index (χ0) is 34.6. The van der Waals surface area contributed by atoms with Crippen LogP contribution in [-0.4, -0.2) is 55.9 Å². The van der Waals surface area contributed by atoms with Crippen molar-refractivity contribution in [2.45, 2.75) is 40.9 Å². The van der Waals surface area contributed by atoms with E-state index in [-0.39, 0.29) is 35.0 Å². The minimum absolute atomic E-state index is 0.0574. The molecule has 2 aromatic rings. The molecule has 2 heterocycles. The fourth-order valence-electron chi connectivity index (χ4n) is 7.34. The first-order chi connectivity index (χ1) is 21.8. The molecular weight excluding hydrogens is 749 g/mol. The molecule has 2 saturated heterocycles. The van der Waals surface area contributed by atoms with Gasteiger partial charge < -0.3 is 9.84 Å². The van der Waals surface area contributed by atoms with Gasteiger partial charge in [0.2, 0.25) is 11.8 Å². The van der Waals surface area contributed by atoms with Gasteiger partial charge in [0.1, 0.15) is 0 Å². The molecule has 2 aromatic carbocycles. The summed E-state index contributed by atoms with van der Waals surface area (Å²) in [6, 6.07) is 4.54. The van der Waals surface area contributed by atoms with E-state index in [0.717, 1.165) is 4.90 Å². The number of ether oxygens (including phenoxy) is 1. The Balaban J connectivity index is 1.51. The number of phenols is 1. The van der Waals surface area contributed by atoms with E-state index in [9.17, 15) is 50.6 Å². The average molecular weight is 770 g/mol. The highest BCUT2D eigenvalue weighted by Gasteiger charge is 2.76. The third-order valence-corrected chi connectivity index (χ3v) is 11.3. The molecule has 6 atom stereocenters. The molecule has 0 bridgehead atoms. The second-order valence-electron chi connectivity index (χ2n) is 11.7. The van der Waals surface area contributed by atoms with Gasteiger partial charge in [-0.3, -0.25) is 24.1 Å². The second kappa shape index (κ2) is 10.9. The van der Waals surface area contributed by atoms with Crippen molar-refractivity contribution in [3.63, 3.8) is 0 Å². The number of imide groups is 2. The summed E-state index contributed by atoms with van der Waals surface area (Å²) in [5, 5.41) is 10.6. The number of amides is 4. The van der Waals surface area contributed by atoms with E-state index in [0.29, 0.717) is 22.6 Å². The van der Waals surface area contributed by atoms with Crippen molar-refractivity contribution >= 4 is 68.4 Å². The van der Waals surface area contributed by atoms with Crippen LogP contribution >= 0.6 is 39.1 Å². The number of methoxy groups -OCH3 is 1. The van der Waals surface area contributed by atoms with Crippen molar-refractivity contribution < 1.29 is 55.4 Å². The van der Waals surface area contributed by atoms with E-state index in [1.54, 1.807) is 0 Å². The van der Waals surface area contributed by atoms with E-state index >= 15 is 0 Å². The lowest BCUT2D eigenvalue weighted by Crippen LogP contribution is -2.60. The number of alkyl halides is 9. The van der Waals surface area contributed by atoms with Gasteiger partial charge in [-0.1, -0.05) is 33.6 Å². The van der Waals surface area contributed by atoms with Crippen molar-refractivity contribution in [2.75, 3.05) is 17.5 Å². The number of nitrogens with zero attached hydrogens (tertiary/aromatic N) is 2. The van der Waals surface area contributed by atoms with Gasteiger partial charge >= 0.3 is 12.4 Å². The van der Waals surface area contributed by atoms with Gasteiger partial charge in [0, 0.05) is 5.92 Å².